The molecule has 0 aliphatic rings. The summed E-state index contributed by atoms with van der Waals surface area (Å²) in [5, 5.41) is 0. The van der Waals surface area contributed by atoms with Crippen LogP contribution in [0.2, 0.25) is 0 Å². The van der Waals surface area contributed by atoms with E-state index in [9.17, 15) is 13.2 Å². The zero-order valence-corrected chi connectivity index (χ0v) is 13.2. The van der Waals surface area contributed by atoms with Crippen LogP contribution in [-0.4, -0.2) is 6.61 Å². The summed E-state index contributed by atoms with van der Waals surface area (Å²) in [5.41, 5.74) is 0.561. The molecule has 0 saturated heterocycles. The Labute approximate surface area is 135 Å². The van der Waals surface area contributed by atoms with Gasteiger partial charge in [0, 0.05) is 5.56 Å². The Morgan fingerprint density at radius 2 is 1.70 bits per heavy atom. The highest BCUT2D eigenvalue weighted by molar-refractivity contribution is 5.71. The first kappa shape index (κ1) is 17.4. The van der Waals surface area contributed by atoms with Crippen molar-refractivity contribution in [2.75, 3.05) is 6.61 Å². The van der Waals surface area contributed by atoms with Crippen LogP contribution in [0.3, 0.4) is 0 Å². The first-order valence-corrected chi connectivity index (χ1v) is 7.92. The molecule has 0 radical (unpaired) electrons. The lowest BCUT2D eigenvalue weighted by Gasteiger charge is -2.13. The van der Waals surface area contributed by atoms with E-state index in [4.69, 9.17) is 4.74 Å². The molecular weight excluding hydrogens is 301 g/mol. The second kappa shape index (κ2) is 8.04. The maximum Gasteiger partial charge on any atom is 0.416 e. The topological polar surface area (TPSA) is 9.23 Å². The van der Waals surface area contributed by atoms with E-state index in [1.807, 2.05) is 6.07 Å². The minimum Gasteiger partial charge on any atom is -0.493 e. The van der Waals surface area contributed by atoms with Gasteiger partial charge in [-0.15, -0.1) is 0 Å². The number of alkyl halides is 3. The zero-order valence-electron chi connectivity index (χ0n) is 13.2. The van der Waals surface area contributed by atoms with E-state index in [0.717, 1.165) is 25.3 Å². The van der Waals surface area contributed by atoms with E-state index in [-0.39, 0.29) is 0 Å². The molecule has 2 aromatic carbocycles. The summed E-state index contributed by atoms with van der Waals surface area (Å²) in [6.45, 7) is 2.72. The van der Waals surface area contributed by atoms with Gasteiger partial charge in [-0.05, 0) is 30.2 Å². The number of ether oxygens (including phenoxy) is 1. The van der Waals surface area contributed by atoms with Gasteiger partial charge in [-0.2, -0.15) is 13.2 Å². The maximum absolute atomic E-state index is 12.9. The third kappa shape index (κ3) is 5.02. The summed E-state index contributed by atoms with van der Waals surface area (Å²) in [6, 6.07) is 12.6. The first-order chi connectivity index (χ1) is 11.0. The molecule has 0 amide bonds. The number of unbranched alkanes of at least 4 members (excludes halogenated alkanes) is 3. The molecule has 0 N–H and O–H groups in total. The van der Waals surface area contributed by atoms with Crippen molar-refractivity contribution in [3.05, 3.63) is 54.1 Å². The predicted molar refractivity (Wildman–Crippen MR) is 86.5 cm³/mol. The molecule has 0 aromatic heterocycles. The number of rotatable bonds is 7. The van der Waals surface area contributed by atoms with E-state index in [1.54, 1.807) is 24.3 Å². The van der Waals surface area contributed by atoms with Gasteiger partial charge >= 0.3 is 6.18 Å². The summed E-state index contributed by atoms with van der Waals surface area (Å²) < 4.78 is 44.4. The summed E-state index contributed by atoms with van der Waals surface area (Å²) in [7, 11) is 0. The highest BCUT2D eigenvalue weighted by atomic mass is 19.4. The van der Waals surface area contributed by atoms with Crippen LogP contribution >= 0.6 is 0 Å². The van der Waals surface area contributed by atoms with E-state index in [0.29, 0.717) is 23.5 Å². The van der Waals surface area contributed by atoms with Gasteiger partial charge in [-0.1, -0.05) is 56.5 Å². The lowest BCUT2D eigenvalue weighted by atomic mass is 10.0. The molecule has 0 atom stereocenters. The number of benzene rings is 2. The van der Waals surface area contributed by atoms with Crippen molar-refractivity contribution in [3.63, 3.8) is 0 Å². The average Bonchev–Trinajstić information content (AvgIpc) is 2.54. The summed E-state index contributed by atoms with van der Waals surface area (Å²) in [4.78, 5) is 0. The van der Waals surface area contributed by atoms with Gasteiger partial charge in [-0.3, -0.25) is 0 Å². The van der Waals surface area contributed by atoms with Gasteiger partial charge in [0.15, 0.2) is 0 Å². The second-order valence-corrected chi connectivity index (χ2v) is 5.48. The van der Waals surface area contributed by atoms with Gasteiger partial charge in [0.05, 0.1) is 12.2 Å². The van der Waals surface area contributed by atoms with Crippen LogP contribution in [0, 0.1) is 0 Å². The van der Waals surface area contributed by atoms with Gasteiger partial charge in [0.1, 0.15) is 5.75 Å². The summed E-state index contributed by atoms with van der Waals surface area (Å²) in [6.07, 6.45) is 0.0262. The Morgan fingerprint density at radius 1 is 0.913 bits per heavy atom. The molecule has 0 fully saturated rings. The zero-order chi connectivity index (χ0) is 16.7. The smallest absolute Gasteiger partial charge is 0.416 e. The van der Waals surface area contributed by atoms with E-state index in [2.05, 4.69) is 6.92 Å². The van der Waals surface area contributed by atoms with Crippen molar-refractivity contribution in [1.29, 1.82) is 0 Å². The predicted octanol–water partition coefficient (Wildman–Crippen LogP) is 6.33. The quantitative estimate of drug-likeness (QED) is 0.541. The van der Waals surface area contributed by atoms with Crippen LogP contribution < -0.4 is 4.74 Å². The van der Waals surface area contributed by atoms with Gasteiger partial charge in [0.2, 0.25) is 0 Å². The fourth-order valence-electron chi connectivity index (χ4n) is 2.41. The van der Waals surface area contributed by atoms with Crippen LogP contribution in [0.25, 0.3) is 11.1 Å². The second-order valence-electron chi connectivity index (χ2n) is 5.48. The lowest BCUT2D eigenvalue weighted by molar-refractivity contribution is -0.137. The minimum absolute atomic E-state index is 0.518. The molecule has 124 valence electrons. The normalized spacial score (nSPS) is 11.5. The van der Waals surface area contributed by atoms with Crippen molar-refractivity contribution >= 4 is 0 Å². The van der Waals surface area contributed by atoms with Crippen molar-refractivity contribution in [1.82, 2.24) is 0 Å². The van der Waals surface area contributed by atoms with Gasteiger partial charge in [0.25, 0.3) is 0 Å². The number of para-hydroxylation sites is 1. The fourth-order valence-corrected chi connectivity index (χ4v) is 2.41. The molecule has 0 aliphatic carbocycles. The van der Waals surface area contributed by atoms with Crippen molar-refractivity contribution < 1.29 is 17.9 Å². The lowest BCUT2D eigenvalue weighted by Crippen LogP contribution is -2.04. The largest absolute Gasteiger partial charge is 0.493 e. The molecule has 23 heavy (non-hydrogen) atoms. The van der Waals surface area contributed by atoms with Crippen LogP contribution in [0.5, 0.6) is 5.75 Å². The Kier molecular flexibility index (Phi) is 6.08. The minimum atomic E-state index is -4.34. The highest BCUT2D eigenvalue weighted by Gasteiger charge is 2.30. The van der Waals surface area contributed by atoms with E-state index < -0.39 is 11.7 Å². The molecule has 0 unspecified atom stereocenters. The SMILES string of the molecule is CCCCCCOc1ccccc1-c1cccc(C(F)(F)F)c1. The molecule has 4 heteroatoms. The maximum atomic E-state index is 12.9. The van der Waals surface area contributed by atoms with Crippen LogP contribution in [0.4, 0.5) is 13.2 Å². The summed E-state index contributed by atoms with van der Waals surface area (Å²) in [5.74, 6) is 0.628. The molecule has 1 nitrogen and oxygen atoms in total. The molecule has 2 aromatic rings. The first-order valence-electron chi connectivity index (χ1n) is 7.92. The third-order valence-electron chi connectivity index (χ3n) is 3.64. The number of hydrogen-bond donors (Lipinski definition) is 0. The molecule has 0 heterocycles. The molecule has 0 aliphatic heterocycles. The molecular formula is C19H21F3O. The number of hydrogen-bond acceptors (Lipinski definition) is 1. The molecule has 0 spiro atoms. The monoisotopic (exact) mass is 322 g/mol. The van der Waals surface area contributed by atoms with Crippen LogP contribution in [0.15, 0.2) is 48.5 Å². The average molecular weight is 322 g/mol. The molecule has 0 saturated carbocycles. The fraction of sp³-hybridized carbons (Fsp3) is 0.368. The van der Waals surface area contributed by atoms with Crippen molar-refractivity contribution in [3.8, 4) is 16.9 Å². The molecule has 0 bridgehead atoms. The standard InChI is InChI=1S/C19H21F3O/c1-2-3-4-7-13-23-18-12-6-5-11-17(18)15-9-8-10-16(14-15)19(20,21)22/h5-6,8-12,14H,2-4,7,13H2,1H3. The highest BCUT2D eigenvalue weighted by Crippen LogP contribution is 2.35. The van der Waals surface area contributed by atoms with Crippen LogP contribution in [-0.2, 0) is 6.18 Å². The Morgan fingerprint density at radius 3 is 2.43 bits per heavy atom. The molecule has 2 rings (SSSR count). The number of halogens is 3. The van der Waals surface area contributed by atoms with Gasteiger partial charge in [-0.25, -0.2) is 0 Å². The van der Waals surface area contributed by atoms with E-state index >= 15 is 0 Å². The third-order valence-corrected chi connectivity index (χ3v) is 3.64. The Hall–Kier alpha value is -1.97. The van der Waals surface area contributed by atoms with Gasteiger partial charge < -0.3 is 4.74 Å². The van der Waals surface area contributed by atoms with E-state index in [1.165, 1.54) is 18.6 Å². The Balaban J connectivity index is 2.17. The van der Waals surface area contributed by atoms with Crippen molar-refractivity contribution in [2.45, 2.75) is 38.8 Å². The van der Waals surface area contributed by atoms with Crippen molar-refractivity contribution in [2.24, 2.45) is 0 Å². The Bertz CT molecular complexity index is 620. The van der Waals surface area contributed by atoms with Crippen LogP contribution in [0.1, 0.15) is 38.2 Å². The summed E-state index contributed by atoms with van der Waals surface area (Å²) >= 11 is 0.